The van der Waals surface area contributed by atoms with E-state index in [1.807, 2.05) is 24.3 Å². The smallest absolute Gasteiger partial charge is 0.341 e. The summed E-state index contributed by atoms with van der Waals surface area (Å²) >= 11 is 0. The van der Waals surface area contributed by atoms with Crippen molar-refractivity contribution in [3.8, 4) is 0 Å². The highest BCUT2D eigenvalue weighted by Gasteiger charge is 2.36. The number of hydrogen-bond donors (Lipinski definition) is 1. The molecular formula is C13H10O3. The normalized spacial score (nSPS) is 23.2. The highest BCUT2D eigenvalue weighted by molar-refractivity contribution is 6.07. The van der Waals surface area contributed by atoms with Crippen molar-refractivity contribution in [2.45, 2.75) is 12.7 Å². The van der Waals surface area contributed by atoms with Crippen LogP contribution in [-0.4, -0.2) is 11.1 Å². The van der Waals surface area contributed by atoms with Gasteiger partial charge in [-0.3, -0.25) is 0 Å². The standard InChI is InChI=1S/C13H10O3/c1-13(15)10-7-3-5-8-4-2-6-9(11(8)10)12(14)16-13/h2-7,15H,1H3. The van der Waals surface area contributed by atoms with E-state index in [2.05, 4.69) is 0 Å². The molecule has 3 rings (SSSR count). The van der Waals surface area contributed by atoms with Crippen molar-refractivity contribution in [2.75, 3.05) is 0 Å². The largest absolute Gasteiger partial charge is 0.425 e. The molecule has 1 aliphatic heterocycles. The average molecular weight is 214 g/mol. The monoisotopic (exact) mass is 214 g/mol. The Morgan fingerprint density at radius 1 is 1.19 bits per heavy atom. The highest BCUT2D eigenvalue weighted by Crippen LogP contribution is 2.36. The van der Waals surface area contributed by atoms with Crippen molar-refractivity contribution in [3.63, 3.8) is 0 Å². The van der Waals surface area contributed by atoms with Crippen LogP contribution in [0.25, 0.3) is 10.8 Å². The second kappa shape index (κ2) is 2.83. The van der Waals surface area contributed by atoms with Crippen LogP contribution >= 0.6 is 0 Å². The molecule has 80 valence electrons. The molecule has 0 aliphatic carbocycles. The summed E-state index contributed by atoms with van der Waals surface area (Å²) in [5, 5.41) is 11.8. The Bertz CT molecular complexity index is 594. The Kier molecular flexibility index (Phi) is 1.66. The Hall–Kier alpha value is -1.87. The van der Waals surface area contributed by atoms with E-state index in [0.29, 0.717) is 11.1 Å². The van der Waals surface area contributed by atoms with Crippen LogP contribution in [0.5, 0.6) is 0 Å². The van der Waals surface area contributed by atoms with Crippen molar-refractivity contribution < 1.29 is 14.6 Å². The maximum atomic E-state index is 11.7. The zero-order valence-electron chi connectivity index (χ0n) is 8.73. The van der Waals surface area contributed by atoms with Crippen LogP contribution in [0, 0.1) is 0 Å². The predicted molar refractivity (Wildman–Crippen MR) is 58.9 cm³/mol. The van der Waals surface area contributed by atoms with Crippen molar-refractivity contribution in [3.05, 3.63) is 47.5 Å². The van der Waals surface area contributed by atoms with Crippen LogP contribution in [0.3, 0.4) is 0 Å². The number of aliphatic hydroxyl groups is 1. The fourth-order valence-electron chi connectivity index (χ4n) is 2.19. The van der Waals surface area contributed by atoms with Crippen LogP contribution in [0.4, 0.5) is 0 Å². The van der Waals surface area contributed by atoms with Gasteiger partial charge in [-0.25, -0.2) is 4.79 Å². The van der Waals surface area contributed by atoms with Gasteiger partial charge in [0.25, 0.3) is 0 Å². The summed E-state index contributed by atoms with van der Waals surface area (Å²) in [7, 11) is 0. The quantitative estimate of drug-likeness (QED) is 0.684. The second-order valence-corrected chi connectivity index (χ2v) is 4.08. The zero-order chi connectivity index (χ0) is 11.3. The average Bonchev–Trinajstić information content (AvgIpc) is 2.25. The minimum Gasteiger partial charge on any atom is -0.425 e. The maximum Gasteiger partial charge on any atom is 0.341 e. The van der Waals surface area contributed by atoms with Crippen molar-refractivity contribution in [1.29, 1.82) is 0 Å². The maximum absolute atomic E-state index is 11.7. The lowest BCUT2D eigenvalue weighted by molar-refractivity contribution is -0.159. The molecule has 1 unspecified atom stereocenters. The summed E-state index contributed by atoms with van der Waals surface area (Å²) in [6.07, 6.45) is 0. The molecule has 0 fully saturated rings. The van der Waals surface area contributed by atoms with Gasteiger partial charge in [0.15, 0.2) is 0 Å². The van der Waals surface area contributed by atoms with Crippen molar-refractivity contribution in [1.82, 2.24) is 0 Å². The van der Waals surface area contributed by atoms with Crippen molar-refractivity contribution in [2.24, 2.45) is 0 Å². The molecule has 0 bridgehead atoms. The molecule has 1 atom stereocenters. The lowest BCUT2D eigenvalue weighted by Gasteiger charge is -2.30. The molecule has 16 heavy (non-hydrogen) atoms. The third kappa shape index (κ3) is 1.09. The molecular weight excluding hydrogens is 204 g/mol. The van der Waals surface area contributed by atoms with Gasteiger partial charge in [0.05, 0.1) is 5.56 Å². The first-order chi connectivity index (χ1) is 7.59. The van der Waals surface area contributed by atoms with E-state index in [1.54, 1.807) is 12.1 Å². The van der Waals surface area contributed by atoms with E-state index in [4.69, 9.17) is 4.74 Å². The molecule has 2 aromatic rings. The summed E-state index contributed by atoms with van der Waals surface area (Å²) in [5.41, 5.74) is 1.15. The summed E-state index contributed by atoms with van der Waals surface area (Å²) in [5.74, 6) is -2.01. The summed E-state index contributed by atoms with van der Waals surface area (Å²) in [4.78, 5) is 11.7. The Morgan fingerprint density at radius 3 is 2.62 bits per heavy atom. The zero-order valence-corrected chi connectivity index (χ0v) is 8.73. The first-order valence-corrected chi connectivity index (χ1v) is 5.07. The fourth-order valence-corrected chi connectivity index (χ4v) is 2.19. The van der Waals surface area contributed by atoms with Gasteiger partial charge in [-0.05, 0) is 11.5 Å². The first kappa shape index (κ1) is 9.36. The minimum atomic E-state index is -1.54. The Morgan fingerprint density at radius 2 is 1.88 bits per heavy atom. The van der Waals surface area contributed by atoms with Crippen LogP contribution < -0.4 is 0 Å². The van der Waals surface area contributed by atoms with E-state index in [9.17, 15) is 9.90 Å². The van der Waals surface area contributed by atoms with Crippen LogP contribution in [-0.2, 0) is 10.5 Å². The molecule has 0 aromatic heterocycles. The predicted octanol–water partition coefficient (Wildman–Crippen LogP) is 2.18. The van der Waals surface area contributed by atoms with Crippen LogP contribution in [0.1, 0.15) is 22.8 Å². The lowest BCUT2D eigenvalue weighted by atomic mass is 9.92. The summed E-state index contributed by atoms with van der Waals surface area (Å²) in [6.45, 7) is 1.48. The third-order valence-electron chi connectivity index (χ3n) is 2.92. The molecule has 1 heterocycles. The van der Waals surface area contributed by atoms with Gasteiger partial charge in [0.2, 0.25) is 5.79 Å². The molecule has 0 radical (unpaired) electrons. The highest BCUT2D eigenvalue weighted by atomic mass is 16.7. The van der Waals surface area contributed by atoms with Crippen molar-refractivity contribution >= 4 is 16.7 Å². The molecule has 2 aromatic carbocycles. The SMILES string of the molecule is CC1(O)OC(=O)c2cccc3cccc1c23. The topological polar surface area (TPSA) is 46.5 Å². The van der Waals surface area contributed by atoms with Crippen LogP contribution in [0.2, 0.25) is 0 Å². The Labute approximate surface area is 92.3 Å². The number of esters is 1. The number of carbonyl (C=O) groups excluding carboxylic acids is 1. The molecule has 1 N–H and O–H groups in total. The van der Waals surface area contributed by atoms with Gasteiger partial charge in [-0.2, -0.15) is 0 Å². The number of hydrogen-bond acceptors (Lipinski definition) is 3. The minimum absolute atomic E-state index is 0.477. The molecule has 1 aliphatic rings. The summed E-state index contributed by atoms with van der Waals surface area (Å²) < 4.78 is 5.01. The molecule has 3 heteroatoms. The molecule has 0 spiro atoms. The summed E-state index contributed by atoms with van der Waals surface area (Å²) in [6, 6.07) is 11.0. The molecule has 0 amide bonds. The van der Waals surface area contributed by atoms with E-state index < -0.39 is 11.8 Å². The molecule has 0 saturated heterocycles. The molecule has 3 nitrogen and oxygen atoms in total. The van der Waals surface area contributed by atoms with Gasteiger partial charge in [0.1, 0.15) is 0 Å². The number of carbonyl (C=O) groups is 1. The number of rotatable bonds is 0. The third-order valence-corrected chi connectivity index (χ3v) is 2.92. The number of ether oxygens (including phenoxy) is 1. The van der Waals surface area contributed by atoms with Gasteiger partial charge < -0.3 is 9.84 Å². The Balaban J connectivity index is 2.52. The number of cyclic esters (lactones) is 1. The second-order valence-electron chi connectivity index (χ2n) is 4.08. The van der Waals surface area contributed by atoms with Gasteiger partial charge in [-0.15, -0.1) is 0 Å². The van der Waals surface area contributed by atoms with Gasteiger partial charge >= 0.3 is 5.97 Å². The molecule has 0 saturated carbocycles. The lowest BCUT2D eigenvalue weighted by Crippen LogP contribution is -2.32. The van der Waals surface area contributed by atoms with Gasteiger partial charge in [-0.1, -0.05) is 30.3 Å². The van der Waals surface area contributed by atoms with E-state index in [1.165, 1.54) is 6.92 Å². The van der Waals surface area contributed by atoms with Crippen LogP contribution in [0.15, 0.2) is 36.4 Å². The van der Waals surface area contributed by atoms with Gasteiger partial charge in [0, 0.05) is 17.9 Å². The number of benzene rings is 2. The van der Waals surface area contributed by atoms with E-state index in [-0.39, 0.29) is 0 Å². The fraction of sp³-hybridized carbons (Fsp3) is 0.154. The van der Waals surface area contributed by atoms with E-state index in [0.717, 1.165) is 10.8 Å². The first-order valence-electron chi connectivity index (χ1n) is 5.07. The van der Waals surface area contributed by atoms with E-state index >= 15 is 0 Å².